The lowest BCUT2D eigenvalue weighted by Crippen LogP contribution is -2.39. The van der Waals surface area contributed by atoms with Gasteiger partial charge in [0.1, 0.15) is 14.2 Å². The normalized spacial score (nSPS) is 13.7. The van der Waals surface area contributed by atoms with Gasteiger partial charge in [-0.3, -0.25) is 0 Å². The first-order chi connectivity index (χ1) is 11.1. The molecule has 2 heteroatoms. The van der Waals surface area contributed by atoms with Crippen molar-refractivity contribution >= 4 is 13.3 Å². The number of benzene rings is 2. The minimum atomic E-state index is -1.60. The number of hydrogen-bond acceptors (Lipinski definition) is 1. The third-order valence-electron chi connectivity index (χ3n) is 3.94. The predicted octanol–water partition coefficient (Wildman–Crippen LogP) is 5.03. The van der Waals surface area contributed by atoms with Gasteiger partial charge in [-0.15, -0.1) is 0 Å². The van der Waals surface area contributed by atoms with Gasteiger partial charge < -0.3 is 4.74 Å². The highest BCUT2D eigenvalue weighted by Crippen LogP contribution is 2.20. The van der Waals surface area contributed by atoms with Gasteiger partial charge in [0.05, 0.1) is 6.61 Å². The Kier molecular flexibility index (Phi) is 6.57. The molecule has 1 nitrogen and oxygen atoms in total. The molecule has 0 heterocycles. The third-order valence-corrected chi connectivity index (χ3v) is 6.79. The molecule has 0 N–H and O–H groups in total. The van der Waals surface area contributed by atoms with Crippen LogP contribution in [0.15, 0.2) is 84.6 Å². The molecular weight excluding hydrogens is 296 g/mol. The van der Waals surface area contributed by atoms with Crippen molar-refractivity contribution in [1.82, 2.24) is 0 Å². The van der Waals surface area contributed by atoms with E-state index in [0.29, 0.717) is 6.61 Å². The first-order valence-electron chi connectivity index (χ1n) is 8.16. The van der Waals surface area contributed by atoms with Gasteiger partial charge in [0.15, 0.2) is 0 Å². The Morgan fingerprint density at radius 3 is 2.17 bits per heavy atom. The monoisotopic (exact) mass is 322 g/mol. The topological polar surface area (TPSA) is 9.23 Å². The van der Waals surface area contributed by atoms with Crippen molar-refractivity contribution in [3.63, 3.8) is 0 Å². The number of hydrogen-bond donors (Lipinski definition) is 0. The molecule has 0 aliphatic heterocycles. The lowest BCUT2D eigenvalue weighted by molar-refractivity contribution is 0.110. The van der Waals surface area contributed by atoms with Crippen molar-refractivity contribution in [2.75, 3.05) is 6.61 Å². The smallest absolute Gasteiger partial charge is 0.103 e. The van der Waals surface area contributed by atoms with Gasteiger partial charge in [-0.05, 0) is 12.5 Å². The van der Waals surface area contributed by atoms with Gasteiger partial charge in [-0.25, -0.2) is 0 Å². The highest BCUT2D eigenvalue weighted by atomic mass is 28.3. The van der Waals surface area contributed by atoms with Crippen LogP contribution < -0.4 is 5.19 Å². The minimum Gasteiger partial charge on any atom is -0.365 e. The first kappa shape index (κ1) is 17.5. The van der Waals surface area contributed by atoms with Crippen LogP contribution in [0.4, 0.5) is 0 Å². The molecule has 2 aromatic rings. The highest BCUT2D eigenvalue weighted by molar-refractivity contribution is 6.93. The number of ether oxygens (including phenoxy) is 1. The first-order valence-corrected chi connectivity index (χ1v) is 11.2. The van der Waals surface area contributed by atoms with E-state index >= 15 is 0 Å². The maximum atomic E-state index is 6.05. The Hall–Kier alpha value is -1.90. The summed E-state index contributed by atoms with van der Waals surface area (Å²) in [5, 5.41) is 1.44. The molecule has 0 fully saturated rings. The molecule has 120 valence electrons. The molecule has 1 atom stereocenters. The van der Waals surface area contributed by atoms with Crippen molar-refractivity contribution in [2.24, 2.45) is 0 Å². The summed E-state index contributed by atoms with van der Waals surface area (Å²) in [5.41, 5.74) is 3.58. The third kappa shape index (κ3) is 5.34. The quantitative estimate of drug-likeness (QED) is 0.513. The van der Waals surface area contributed by atoms with Crippen molar-refractivity contribution < 1.29 is 4.74 Å². The van der Waals surface area contributed by atoms with E-state index in [1.807, 2.05) is 25.1 Å². The van der Waals surface area contributed by atoms with Crippen LogP contribution in [0.5, 0.6) is 0 Å². The van der Waals surface area contributed by atoms with Crippen LogP contribution in [0.3, 0.4) is 0 Å². The average molecular weight is 323 g/mol. The molecule has 0 aromatic heterocycles. The fourth-order valence-electron chi connectivity index (χ4n) is 2.45. The van der Waals surface area contributed by atoms with Crippen LogP contribution in [0.25, 0.3) is 0 Å². The van der Waals surface area contributed by atoms with E-state index in [2.05, 4.69) is 79.5 Å². The molecule has 2 rings (SSSR count). The predicted molar refractivity (Wildman–Crippen MR) is 103 cm³/mol. The van der Waals surface area contributed by atoms with Crippen LogP contribution in [0, 0.1) is 0 Å². The summed E-state index contributed by atoms with van der Waals surface area (Å²) in [6.45, 7) is 7.38. The Morgan fingerprint density at radius 1 is 0.957 bits per heavy atom. The molecule has 0 spiro atoms. The van der Waals surface area contributed by atoms with E-state index in [9.17, 15) is 0 Å². The molecule has 0 saturated carbocycles. The van der Waals surface area contributed by atoms with E-state index in [1.54, 1.807) is 0 Å². The summed E-state index contributed by atoms with van der Waals surface area (Å²) in [5.74, 6) is 0. The zero-order valence-corrected chi connectivity index (χ0v) is 15.3. The van der Waals surface area contributed by atoms with Gasteiger partial charge in [0, 0.05) is 0 Å². The molecular formula is C21H26OSi. The molecule has 0 aliphatic rings. The highest BCUT2D eigenvalue weighted by Gasteiger charge is 2.20. The zero-order valence-electron chi connectivity index (χ0n) is 14.3. The maximum Gasteiger partial charge on any atom is 0.103 e. The SMILES string of the molecule is C/C=C/COC(/C=C/[Si](C)(C)c1ccccc1)c1ccccc1. The Labute approximate surface area is 141 Å². The largest absolute Gasteiger partial charge is 0.365 e. The average Bonchev–Trinajstić information content (AvgIpc) is 2.59. The van der Waals surface area contributed by atoms with E-state index in [1.165, 1.54) is 10.8 Å². The van der Waals surface area contributed by atoms with E-state index in [-0.39, 0.29) is 6.10 Å². The van der Waals surface area contributed by atoms with Crippen molar-refractivity contribution in [3.8, 4) is 0 Å². The summed E-state index contributed by atoms with van der Waals surface area (Å²) >= 11 is 0. The molecule has 0 radical (unpaired) electrons. The summed E-state index contributed by atoms with van der Waals surface area (Å²) in [4.78, 5) is 0. The standard InChI is InChI=1S/C21H26OSi/c1-4-5-17-22-21(19-12-8-6-9-13-19)16-18-23(2,3)20-14-10-7-11-15-20/h4-16,18,21H,17H2,1-3H3/b5-4+,18-16+. The minimum absolute atomic E-state index is 0.00267. The second kappa shape index (κ2) is 8.66. The van der Waals surface area contributed by atoms with Crippen molar-refractivity contribution in [1.29, 1.82) is 0 Å². The van der Waals surface area contributed by atoms with Gasteiger partial charge in [0.2, 0.25) is 0 Å². The van der Waals surface area contributed by atoms with Crippen LogP contribution in [-0.4, -0.2) is 14.7 Å². The Balaban J connectivity index is 2.19. The molecule has 23 heavy (non-hydrogen) atoms. The van der Waals surface area contributed by atoms with Crippen molar-refractivity contribution in [2.45, 2.75) is 26.1 Å². The zero-order chi connectivity index (χ0) is 16.5. The number of allylic oxidation sites excluding steroid dienone is 1. The summed E-state index contributed by atoms with van der Waals surface area (Å²) in [7, 11) is -1.60. The summed E-state index contributed by atoms with van der Waals surface area (Å²) in [6.07, 6.45) is 6.30. The Bertz CT molecular complexity index is 629. The van der Waals surface area contributed by atoms with Crippen LogP contribution in [0.2, 0.25) is 13.1 Å². The molecule has 0 amide bonds. The molecule has 0 aliphatic carbocycles. The molecule has 2 aromatic carbocycles. The summed E-state index contributed by atoms with van der Waals surface area (Å²) in [6, 6.07) is 21.2. The Morgan fingerprint density at radius 2 is 1.57 bits per heavy atom. The second-order valence-electron chi connectivity index (χ2n) is 6.18. The molecule has 0 saturated heterocycles. The lowest BCUT2D eigenvalue weighted by Gasteiger charge is -2.20. The lowest BCUT2D eigenvalue weighted by atomic mass is 10.1. The van der Waals surface area contributed by atoms with Crippen LogP contribution in [0.1, 0.15) is 18.6 Å². The van der Waals surface area contributed by atoms with Gasteiger partial charge in [0.25, 0.3) is 0 Å². The van der Waals surface area contributed by atoms with E-state index in [4.69, 9.17) is 4.74 Å². The molecule has 0 bridgehead atoms. The summed E-state index contributed by atoms with van der Waals surface area (Å²) < 4.78 is 6.05. The van der Waals surface area contributed by atoms with Crippen LogP contribution >= 0.6 is 0 Å². The van der Waals surface area contributed by atoms with Crippen LogP contribution in [-0.2, 0) is 4.74 Å². The second-order valence-corrected chi connectivity index (χ2v) is 10.5. The fourth-order valence-corrected chi connectivity index (χ4v) is 4.35. The van der Waals surface area contributed by atoms with Crippen molar-refractivity contribution in [3.05, 3.63) is 90.2 Å². The number of rotatable bonds is 7. The molecule has 1 unspecified atom stereocenters. The van der Waals surface area contributed by atoms with Gasteiger partial charge in [-0.1, -0.05) is 103 Å². The van der Waals surface area contributed by atoms with Gasteiger partial charge in [-0.2, -0.15) is 0 Å². The van der Waals surface area contributed by atoms with Gasteiger partial charge >= 0.3 is 0 Å². The maximum absolute atomic E-state index is 6.05. The fraction of sp³-hybridized carbons (Fsp3) is 0.238. The van der Waals surface area contributed by atoms with E-state index < -0.39 is 8.07 Å². The van der Waals surface area contributed by atoms with E-state index in [0.717, 1.165) is 0 Å².